The number of aromatic nitrogens is 2. The number of hydrogen-bond acceptors (Lipinski definition) is 2. The lowest BCUT2D eigenvalue weighted by molar-refractivity contribution is 0.558. The molecule has 1 aliphatic rings. The van der Waals surface area contributed by atoms with E-state index in [1.807, 2.05) is 10.9 Å². The van der Waals surface area contributed by atoms with Crippen molar-refractivity contribution in [3.63, 3.8) is 0 Å². The van der Waals surface area contributed by atoms with Crippen molar-refractivity contribution in [3.05, 3.63) is 18.0 Å². The summed E-state index contributed by atoms with van der Waals surface area (Å²) < 4.78 is 1.98. The van der Waals surface area contributed by atoms with Gasteiger partial charge in [-0.15, -0.1) is 0 Å². The van der Waals surface area contributed by atoms with Crippen molar-refractivity contribution in [2.75, 3.05) is 6.54 Å². The average Bonchev–Trinajstić information content (AvgIpc) is 2.55. The molecule has 14 heavy (non-hydrogen) atoms. The Labute approximate surface area is 85.3 Å². The first-order valence-corrected chi connectivity index (χ1v) is 5.33. The van der Waals surface area contributed by atoms with Gasteiger partial charge in [-0.25, -0.2) is 0 Å². The van der Waals surface area contributed by atoms with Crippen molar-refractivity contribution in [2.45, 2.75) is 33.2 Å². The molecule has 2 N–H and O–H groups in total. The Kier molecular flexibility index (Phi) is 2.14. The van der Waals surface area contributed by atoms with Crippen LogP contribution < -0.4 is 5.73 Å². The second kappa shape index (κ2) is 3.09. The van der Waals surface area contributed by atoms with Gasteiger partial charge < -0.3 is 5.73 Å². The summed E-state index contributed by atoms with van der Waals surface area (Å²) in [5.41, 5.74) is 7.47. The quantitative estimate of drug-likeness (QED) is 0.792. The zero-order chi connectivity index (χ0) is 10.3. The van der Waals surface area contributed by atoms with E-state index in [0.717, 1.165) is 13.1 Å². The Balaban J connectivity index is 2.18. The molecule has 0 amide bonds. The third-order valence-electron chi connectivity index (χ3n) is 3.64. The number of nitrogens with two attached hydrogens (primary N) is 1. The van der Waals surface area contributed by atoms with E-state index in [9.17, 15) is 0 Å². The van der Waals surface area contributed by atoms with Crippen molar-refractivity contribution < 1.29 is 0 Å². The minimum Gasteiger partial charge on any atom is -0.330 e. The highest BCUT2D eigenvalue weighted by Crippen LogP contribution is 2.63. The average molecular weight is 193 g/mol. The molecule has 1 saturated carbocycles. The summed E-state index contributed by atoms with van der Waals surface area (Å²) in [6.07, 6.45) is 4.15. The molecule has 0 aromatic carbocycles. The lowest BCUT2D eigenvalue weighted by atomic mass is 10.1. The summed E-state index contributed by atoms with van der Waals surface area (Å²) in [7, 11) is 0. The van der Waals surface area contributed by atoms with Crippen molar-refractivity contribution >= 4 is 0 Å². The fourth-order valence-electron chi connectivity index (χ4n) is 2.56. The summed E-state index contributed by atoms with van der Waals surface area (Å²) in [6.45, 7) is 8.42. The van der Waals surface area contributed by atoms with Crippen LogP contribution in [0.1, 0.15) is 32.3 Å². The SMILES string of the molecule is CCn1cc(C2C(CN)C2(C)C)cn1. The molecule has 2 atom stereocenters. The van der Waals surface area contributed by atoms with Gasteiger partial charge in [0.25, 0.3) is 0 Å². The van der Waals surface area contributed by atoms with Crippen LogP contribution in [0.5, 0.6) is 0 Å². The molecule has 0 saturated heterocycles. The van der Waals surface area contributed by atoms with Crippen molar-refractivity contribution in [1.29, 1.82) is 0 Å². The van der Waals surface area contributed by atoms with E-state index in [4.69, 9.17) is 5.73 Å². The van der Waals surface area contributed by atoms with E-state index < -0.39 is 0 Å². The Morgan fingerprint density at radius 1 is 1.57 bits per heavy atom. The number of hydrogen-bond donors (Lipinski definition) is 1. The molecule has 1 aromatic rings. The van der Waals surface area contributed by atoms with Gasteiger partial charge in [0.1, 0.15) is 0 Å². The fraction of sp³-hybridized carbons (Fsp3) is 0.727. The van der Waals surface area contributed by atoms with Gasteiger partial charge >= 0.3 is 0 Å². The van der Waals surface area contributed by atoms with E-state index in [1.165, 1.54) is 5.56 Å². The highest BCUT2D eigenvalue weighted by Gasteiger charge is 2.57. The summed E-state index contributed by atoms with van der Waals surface area (Å²) in [5.74, 6) is 1.25. The van der Waals surface area contributed by atoms with E-state index in [-0.39, 0.29) is 0 Å². The van der Waals surface area contributed by atoms with Crippen molar-refractivity contribution in [2.24, 2.45) is 17.1 Å². The molecule has 1 heterocycles. The Morgan fingerprint density at radius 3 is 2.71 bits per heavy atom. The van der Waals surface area contributed by atoms with Crippen LogP contribution in [-0.4, -0.2) is 16.3 Å². The molecule has 3 nitrogen and oxygen atoms in total. The van der Waals surface area contributed by atoms with E-state index in [2.05, 4.69) is 32.1 Å². The van der Waals surface area contributed by atoms with Crippen LogP contribution in [-0.2, 0) is 6.54 Å². The second-order valence-electron chi connectivity index (χ2n) is 4.77. The maximum atomic E-state index is 5.75. The summed E-state index contributed by atoms with van der Waals surface area (Å²) in [5, 5.41) is 4.31. The van der Waals surface area contributed by atoms with Crippen molar-refractivity contribution in [3.8, 4) is 0 Å². The molecular weight excluding hydrogens is 174 g/mol. The molecule has 78 valence electrons. The van der Waals surface area contributed by atoms with Gasteiger partial charge in [0, 0.05) is 12.7 Å². The summed E-state index contributed by atoms with van der Waals surface area (Å²) in [6, 6.07) is 0. The highest BCUT2D eigenvalue weighted by molar-refractivity contribution is 5.28. The van der Waals surface area contributed by atoms with Crippen LogP contribution in [0, 0.1) is 11.3 Å². The smallest absolute Gasteiger partial charge is 0.0524 e. The molecular formula is C11H19N3. The summed E-state index contributed by atoms with van der Waals surface area (Å²) >= 11 is 0. The van der Waals surface area contributed by atoms with Crippen LogP contribution >= 0.6 is 0 Å². The van der Waals surface area contributed by atoms with Gasteiger partial charge in [0.2, 0.25) is 0 Å². The lowest BCUT2D eigenvalue weighted by Crippen LogP contribution is -2.05. The van der Waals surface area contributed by atoms with Crippen LogP contribution in [0.15, 0.2) is 12.4 Å². The molecule has 0 bridgehead atoms. The van der Waals surface area contributed by atoms with Crippen LogP contribution in [0.3, 0.4) is 0 Å². The molecule has 2 unspecified atom stereocenters. The molecule has 0 spiro atoms. The van der Waals surface area contributed by atoms with Gasteiger partial charge in [-0.1, -0.05) is 13.8 Å². The monoisotopic (exact) mass is 193 g/mol. The van der Waals surface area contributed by atoms with E-state index in [1.54, 1.807) is 0 Å². The minimum atomic E-state index is 0.371. The predicted octanol–water partition coefficient (Wildman–Crippen LogP) is 1.60. The van der Waals surface area contributed by atoms with Crippen molar-refractivity contribution in [1.82, 2.24) is 9.78 Å². The first-order chi connectivity index (χ1) is 6.61. The Bertz CT molecular complexity index is 327. The topological polar surface area (TPSA) is 43.8 Å². The minimum absolute atomic E-state index is 0.371. The largest absolute Gasteiger partial charge is 0.330 e. The van der Waals surface area contributed by atoms with Gasteiger partial charge in [-0.3, -0.25) is 4.68 Å². The molecule has 3 heteroatoms. The van der Waals surface area contributed by atoms with E-state index >= 15 is 0 Å². The molecule has 0 radical (unpaired) electrons. The third-order valence-corrected chi connectivity index (χ3v) is 3.64. The lowest BCUT2D eigenvalue weighted by Gasteiger charge is -1.98. The molecule has 2 rings (SSSR count). The zero-order valence-electron chi connectivity index (χ0n) is 9.20. The predicted molar refractivity (Wildman–Crippen MR) is 57.0 cm³/mol. The van der Waals surface area contributed by atoms with Gasteiger partial charge in [-0.05, 0) is 36.3 Å². The normalized spacial score (nSPS) is 29.1. The zero-order valence-corrected chi connectivity index (χ0v) is 9.20. The molecule has 0 aliphatic heterocycles. The van der Waals surface area contributed by atoms with Crippen LogP contribution in [0.25, 0.3) is 0 Å². The maximum Gasteiger partial charge on any atom is 0.0524 e. The van der Waals surface area contributed by atoms with Gasteiger partial charge in [0.05, 0.1) is 6.20 Å². The first-order valence-electron chi connectivity index (χ1n) is 5.33. The summed E-state index contributed by atoms with van der Waals surface area (Å²) in [4.78, 5) is 0. The van der Waals surface area contributed by atoms with Crippen LogP contribution in [0.4, 0.5) is 0 Å². The third kappa shape index (κ3) is 1.27. The fourth-order valence-corrected chi connectivity index (χ4v) is 2.56. The van der Waals surface area contributed by atoms with E-state index in [0.29, 0.717) is 17.3 Å². The Morgan fingerprint density at radius 2 is 2.29 bits per heavy atom. The molecule has 1 fully saturated rings. The van der Waals surface area contributed by atoms with Gasteiger partial charge in [-0.2, -0.15) is 5.10 Å². The highest BCUT2D eigenvalue weighted by atomic mass is 15.3. The second-order valence-corrected chi connectivity index (χ2v) is 4.77. The van der Waals surface area contributed by atoms with Crippen LogP contribution in [0.2, 0.25) is 0 Å². The Hall–Kier alpha value is -0.830. The standard InChI is InChI=1S/C11H19N3/c1-4-14-7-8(6-13-14)10-9(5-12)11(10,2)3/h6-7,9-10H,4-5,12H2,1-3H3. The number of aryl methyl sites for hydroxylation is 1. The maximum absolute atomic E-state index is 5.75. The first kappa shape index (κ1) is 9.71. The molecule has 1 aromatic heterocycles. The van der Waals surface area contributed by atoms with Gasteiger partial charge in [0.15, 0.2) is 0 Å². The number of rotatable bonds is 3. The number of nitrogens with zero attached hydrogens (tertiary/aromatic N) is 2. The molecule has 1 aliphatic carbocycles.